The van der Waals surface area contributed by atoms with Crippen molar-refractivity contribution in [3.05, 3.63) is 64.8 Å². The van der Waals surface area contributed by atoms with Crippen molar-refractivity contribution in [1.29, 1.82) is 0 Å². The molecule has 0 saturated carbocycles. The zero-order chi connectivity index (χ0) is 17.4. The van der Waals surface area contributed by atoms with Gasteiger partial charge in [-0.25, -0.2) is 14.3 Å². The molecule has 25 heavy (non-hydrogen) atoms. The summed E-state index contributed by atoms with van der Waals surface area (Å²) in [5.41, 5.74) is 3.47. The molecular weight excluding hydrogens is 382 g/mol. The second kappa shape index (κ2) is 6.29. The minimum absolute atomic E-state index is 0.276. The summed E-state index contributed by atoms with van der Waals surface area (Å²) in [6.07, 6.45) is 0. The van der Waals surface area contributed by atoms with E-state index in [1.54, 1.807) is 17.5 Å². The lowest BCUT2D eigenvalue weighted by molar-refractivity contribution is 0.0519. The minimum atomic E-state index is -0.436. The molecule has 0 aliphatic heterocycles. The molecule has 4 aromatic rings. The number of carbonyl (C=O) groups excluding carboxylic acids is 1. The normalized spacial score (nSPS) is 11.1. The Balaban J connectivity index is 2.04. The number of hydrogen-bond acceptors (Lipinski definition) is 4. The number of rotatable bonds is 3. The molecule has 2 heterocycles. The monoisotopic (exact) mass is 395 g/mol. The predicted molar refractivity (Wildman–Crippen MR) is 99.6 cm³/mol. The average Bonchev–Trinajstić information content (AvgIpc) is 3.00. The fourth-order valence-corrected chi connectivity index (χ4v) is 3.03. The molecule has 0 fully saturated rings. The molecule has 0 atom stereocenters. The van der Waals surface area contributed by atoms with Crippen LogP contribution in [-0.2, 0) is 4.74 Å². The number of fused-ring (bicyclic) bond motifs is 3. The van der Waals surface area contributed by atoms with Crippen molar-refractivity contribution in [2.24, 2.45) is 0 Å². The van der Waals surface area contributed by atoms with Crippen LogP contribution in [0.4, 0.5) is 0 Å². The highest BCUT2D eigenvalue weighted by molar-refractivity contribution is 9.10. The zero-order valence-corrected chi connectivity index (χ0v) is 15.0. The third-order valence-electron chi connectivity index (χ3n) is 3.91. The highest BCUT2D eigenvalue weighted by atomic mass is 79.9. The molecule has 2 aromatic heterocycles. The van der Waals surface area contributed by atoms with Crippen LogP contribution in [0.25, 0.3) is 27.8 Å². The van der Waals surface area contributed by atoms with Crippen LogP contribution in [0.3, 0.4) is 0 Å². The first-order chi connectivity index (χ1) is 12.2. The number of benzene rings is 2. The van der Waals surface area contributed by atoms with Gasteiger partial charge in [0.15, 0.2) is 11.3 Å². The van der Waals surface area contributed by atoms with Crippen LogP contribution in [-0.4, -0.2) is 27.2 Å². The van der Waals surface area contributed by atoms with Gasteiger partial charge in [0.05, 0.1) is 17.8 Å². The molecule has 5 nitrogen and oxygen atoms in total. The molecule has 6 heteroatoms. The molecule has 0 N–H and O–H groups in total. The largest absolute Gasteiger partial charge is 0.461 e. The molecular formula is C19H14BrN3O2. The van der Waals surface area contributed by atoms with E-state index in [-0.39, 0.29) is 5.69 Å². The maximum atomic E-state index is 12.3. The Kier molecular flexibility index (Phi) is 3.97. The van der Waals surface area contributed by atoms with E-state index in [0.717, 1.165) is 26.6 Å². The number of halogens is 1. The van der Waals surface area contributed by atoms with Gasteiger partial charge in [-0.3, -0.25) is 0 Å². The van der Waals surface area contributed by atoms with Crippen molar-refractivity contribution in [2.75, 3.05) is 6.61 Å². The van der Waals surface area contributed by atoms with Crippen LogP contribution in [0, 0.1) is 0 Å². The Morgan fingerprint density at radius 2 is 1.92 bits per heavy atom. The maximum absolute atomic E-state index is 12.3. The SMILES string of the molecule is CCOC(=O)c1cc(-c2ccc(Br)cc2)n2nc3ccccc3c2n1. The van der Waals surface area contributed by atoms with Gasteiger partial charge in [0.25, 0.3) is 0 Å². The van der Waals surface area contributed by atoms with Crippen molar-refractivity contribution < 1.29 is 9.53 Å². The van der Waals surface area contributed by atoms with E-state index < -0.39 is 5.97 Å². The Hall–Kier alpha value is -2.73. The number of esters is 1. The molecule has 124 valence electrons. The quantitative estimate of drug-likeness (QED) is 0.479. The van der Waals surface area contributed by atoms with Crippen LogP contribution in [0.5, 0.6) is 0 Å². The summed E-state index contributed by atoms with van der Waals surface area (Å²) in [5, 5.41) is 5.55. The van der Waals surface area contributed by atoms with Crippen molar-refractivity contribution in [2.45, 2.75) is 6.92 Å². The number of aromatic nitrogens is 3. The van der Waals surface area contributed by atoms with E-state index in [4.69, 9.17) is 4.74 Å². The lowest BCUT2D eigenvalue weighted by Gasteiger charge is -2.08. The summed E-state index contributed by atoms with van der Waals surface area (Å²) in [6.45, 7) is 2.08. The maximum Gasteiger partial charge on any atom is 0.357 e. The summed E-state index contributed by atoms with van der Waals surface area (Å²) in [4.78, 5) is 16.8. The fraction of sp³-hybridized carbons (Fsp3) is 0.105. The van der Waals surface area contributed by atoms with E-state index >= 15 is 0 Å². The first-order valence-electron chi connectivity index (χ1n) is 7.89. The third kappa shape index (κ3) is 2.78. The Morgan fingerprint density at radius 1 is 1.16 bits per heavy atom. The number of hydrogen-bond donors (Lipinski definition) is 0. The average molecular weight is 396 g/mol. The molecule has 0 bridgehead atoms. The highest BCUT2D eigenvalue weighted by Crippen LogP contribution is 2.27. The Morgan fingerprint density at radius 3 is 2.68 bits per heavy atom. The summed E-state index contributed by atoms with van der Waals surface area (Å²) in [6, 6.07) is 17.3. The van der Waals surface area contributed by atoms with Gasteiger partial charge in [-0.2, -0.15) is 5.10 Å². The summed E-state index contributed by atoms with van der Waals surface area (Å²) in [7, 11) is 0. The van der Waals surface area contributed by atoms with Gasteiger partial charge in [0.2, 0.25) is 0 Å². The van der Waals surface area contributed by atoms with E-state index in [0.29, 0.717) is 12.3 Å². The zero-order valence-electron chi connectivity index (χ0n) is 13.4. The molecule has 0 radical (unpaired) electrons. The Labute approximate surface area is 152 Å². The second-order valence-electron chi connectivity index (χ2n) is 5.51. The molecule has 0 aliphatic carbocycles. The first-order valence-corrected chi connectivity index (χ1v) is 8.68. The molecule has 0 saturated heterocycles. The van der Waals surface area contributed by atoms with Gasteiger partial charge in [-0.15, -0.1) is 0 Å². The number of ether oxygens (including phenoxy) is 1. The van der Waals surface area contributed by atoms with E-state index in [1.165, 1.54) is 0 Å². The molecule has 0 unspecified atom stereocenters. The smallest absolute Gasteiger partial charge is 0.357 e. The lowest BCUT2D eigenvalue weighted by atomic mass is 10.1. The fourth-order valence-electron chi connectivity index (χ4n) is 2.77. The van der Waals surface area contributed by atoms with Crippen LogP contribution >= 0.6 is 15.9 Å². The van der Waals surface area contributed by atoms with Crippen LogP contribution in [0.2, 0.25) is 0 Å². The van der Waals surface area contributed by atoms with Gasteiger partial charge in [0.1, 0.15) is 0 Å². The van der Waals surface area contributed by atoms with E-state index in [1.807, 2.05) is 48.5 Å². The van der Waals surface area contributed by atoms with Gasteiger partial charge in [-0.1, -0.05) is 40.2 Å². The summed E-state index contributed by atoms with van der Waals surface area (Å²) in [5.74, 6) is -0.436. The van der Waals surface area contributed by atoms with Gasteiger partial charge < -0.3 is 4.74 Å². The van der Waals surface area contributed by atoms with Crippen LogP contribution in [0.15, 0.2) is 59.1 Å². The second-order valence-corrected chi connectivity index (χ2v) is 6.42. The predicted octanol–water partition coefficient (Wildman–Crippen LogP) is 4.49. The van der Waals surface area contributed by atoms with Crippen LogP contribution < -0.4 is 0 Å². The molecule has 2 aromatic carbocycles. The van der Waals surface area contributed by atoms with Gasteiger partial charge in [-0.05, 0) is 37.3 Å². The molecule has 0 aliphatic rings. The standard InChI is InChI=1S/C19H14BrN3O2/c1-2-25-19(24)16-11-17(12-7-9-13(20)10-8-12)23-18(21-16)14-5-3-4-6-15(14)22-23/h3-11H,2H2,1H3. The van der Waals surface area contributed by atoms with Gasteiger partial charge in [0, 0.05) is 15.4 Å². The van der Waals surface area contributed by atoms with E-state index in [9.17, 15) is 4.79 Å². The van der Waals surface area contributed by atoms with Crippen molar-refractivity contribution >= 4 is 38.4 Å². The third-order valence-corrected chi connectivity index (χ3v) is 4.43. The summed E-state index contributed by atoms with van der Waals surface area (Å²) < 4.78 is 7.90. The Bertz CT molecular complexity index is 1090. The first kappa shape index (κ1) is 15.8. The van der Waals surface area contributed by atoms with Crippen LogP contribution in [0.1, 0.15) is 17.4 Å². The van der Waals surface area contributed by atoms with Crippen molar-refractivity contribution in [3.63, 3.8) is 0 Å². The minimum Gasteiger partial charge on any atom is -0.461 e. The molecule has 4 rings (SSSR count). The molecule has 0 amide bonds. The van der Waals surface area contributed by atoms with E-state index in [2.05, 4.69) is 26.0 Å². The van der Waals surface area contributed by atoms with Crippen molar-refractivity contribution in [3.8, 4) is 11.3 Å². The number of nitrogens with zero attached hydrogens (tertiary/aromatic N) is 3. The summed E-state index contributed by atoms with van der Waals surface area (Å²) >= 11 is 3.45. The van der Waals surface area contributed by atoms with Gasteiger partial charge >= 0.3 is 5.97 Å². The number of carbonyl (C=O) groups is 1. The highest BCUT2D eigenvalue weighted by Gasteiger charge is 2.17. The lowest BCUT2D eigenvalue weighted by Crippen LogP contribution is -2.09. The molecule has 0 spiro atoms. The topological polar surface area (TPSA) is 56.5 Å². The van der Waals surface area contributed by atoms with Crippen molar-refractivity contribution in [1.82, 2.24) is 14.6 Å².